The Kier molecular flexibility index (Phi) is 4.58. The topological polar surface area (TPSA) is 63.2 Å². The summed E-state index contributed by atoms with van der Waals surface area (Å²) in [4.78, 5) is 6.74. The van der Waals surface area contributed by atoms with Gasteiger partial charge < -0.3 is 15.0 Å². The van der Waals surface area contributed by atoms with Crippen LogP contribution in [0.3, 0.4) is 0 Å². The van der Waals surface area contributed by atoms with Gasteiger partial charge in [-0.15, -0.1) is 5.10 Å². The average Bonchev–Trinajstić information content (AvgIpc) is 2.68. The normalized spacial score (nSPS) is 13.2. The molecule has 1 aliphatic heterocycles. The van der Waals surface area contributed by atoms with Crippen LogP contribution < -0.4 is 15.0 Å². The first-order valence-corrected chi connectivity index (χ1v) is 8.73. The van der Waals surface area contributed by atoms with Gasteiger partial charge >= 0.3 is 0 Å². The average molecular weight is 368 g/mol. The molecule has 0 radical (unpaired) electrons. The van der Waals surface area contributed by atoms with Gasteiger partial charge in [-0.2, -0.15) is 10.1 Å². The largest absolute Gasteiger partial charge is 0.495 e. The minimum absolute atomic E-state index is 0.535. The molecule has 2 aromatic carbocycles. The smallest absolute Gasteiger partial charge is 0.247 e. The number of benzene rings is 2. The van der Waals surface area contributed by atoms with E-state index in [1.165, 1.54) is 11.1 Å². The SMILES string of the molecule is COc1ccc(Nc2cnnc(N3CCc4ccccc4C3)n2)cc1Cl. The number of nitrogens with one attached hydrogen (secondary N) is 1. The Balaban J connectivity index is 1.53. The minimum Gasteiger partial charge on any atom is -0.495 e. The monoisotopic (exact) mass is 367 g/mol. The van der Waals surface area contributed by atoms with Gasteiger partial charge in [-0.1, -0.05) is 35.9 Å². The highest BCUT2D eigenvalue weighted by Gasteiger charge is 2.18. The predicted octanol–water partition coefficient (Wildman–Crippen LogP) is 3.84. The molecule has 3 aromatic rings. The van der Waals surface area contributed by atoms with Crippen LogP contribution in [0, 0.1) is 0 Å². The maximum atomic E-state index is 6.18. The van der Waals surface area contributed by atoms with Gasteiger partial charge in [-0.25, -0.2) is 0 Å². The van der Waals surface area contributed by atoms with E-state index in [4.69, 9.17) is 16.3 Å². The summed E-state index contributed by atoms with van der Waals surface area (Å²) >= 11 is 6.18. The molecule has 0 amide bonds. The Hall–Kier alpha value is -2.86. The molecule has 0 bridgehead atoms. The van der Waals surface area contributed by atoms with Gasteiger partial charge in [0.05, 0.1) is 18.3 Å². The fourth-order valence-corrected chi connectivity index (χ4v) is 3.30. The van der Waals surface area contributed by atoms with Gasteiger partial charge in [0.2, 0.25) is 5.95 Å². The van der Waals surface area contributed by atoms with E-state index in [9.17, 15) is 0 Å². The third kappa shape index (κ3) is 3.41. The molecule has 0 atom stereocenters. The number of halogens is 1. The van der Waals surface area contributed by atoms with Crippen LogP contribution in [0.25, 0.3) is 0 Å². The number of anilines is 3. The highest BCUT2D eigenvalue weighted by molar-refractivity contribution is 6.32. The van der Waals surface area contributed by atoms with Gasteiger partial charge in [-0.05, 0) is 35.7 Å². The molecule has 2 heterocycles. The van der Waals surface area contributed by atoms with Gasteiger partial charge in [0.25, 0.3) is 0 Å². The van der Waals surface area contributed by atoms with E-state index in [-0.39, 0.29) is 0 Å². The Morgan fingerprint density at radius 2 is 2.00 bits per heavy atom. The second-order valence-corrected chi connectivity index (χ2v) is 6.46. The molecule has 0 unspecified atom stereocenters. The Morgan fingerprint density at radius 3 is 2.81 bits per heavy atom. The fraction of sp³-hybridized carbons (Fsp3) is 0.211. The number of aromatic nitrogens is 3. The lowest BCUT2D eigenvalue weighted by molar-refractivity contribution is 0.415. The fourth-order valence-electron chi connectivity index (χ4n) is 3.05. The van der Waals surface area contributed by atoms with E-state index in [0.717, 1.165) is 25.2 Å². The summed E-state index contributed by atoms with van der Waals surface area (Å²) in [5.74, 6) is 1.87. The third-order valence-corrected chi connectivity index (χ3v) is 4.68. The predicted molar refractivity (Wildman–Crippen MR) is 102 cm³/mol. The second-order valence-electron chi connectivity index (χ2n) is 6.06. The number of methoxy groups -OCH3 is 1. The zero-order chi connectivity index (χ0) is 17.9. The van der Waals surface area contributed by atoms with Crippen molar-refractivity contribution in [3.8, 4) is 5.75 Å². The maximum absolute atomic E-state index is 6.18. The zero-order valence-electron chi connectivity index (χ0n) is 14.3. The Morgan fingerprint density at radius 1 is 1.15 bits per heavy atom. The van der Waals surface area contributed by atoms with Crippen LogP contribution in [0.1, 0.15) is 11.1 Å². The van der Waals surface area contributed by atoms with Crippen molar-refractivity contribution in [2.24, 2.45) is 0 Å². The quantitative estimate of drug-likeness (QED) is 0.755. The van der Waals surface area contributed by atoms with Crippen molar-refractivity contribution in [2.75, 3.05) is 23.9 Å². The highest BCUT2D eigenvalue weighted by atomic mass is 35.5. The van der Waals surface area contributed by atoms with Gasteiger partial charge in [0.15, 0.2) is 5.82 Å². The maximum Gasteiger partial charge on any atom is 0.247 e. The van der Waals surface area contributed by atoms with Crippen molar-refractivity contribution in [2.45, 2.75) is 13.0 Å². The van der Waals surface area contributed by atoms with Gasteiger partial charge in [-0.3, -0.25) is 0 Å². The van der Waals surface area contributed by atoms with Crippen LogP contribution in [0.4, 0.5) is 17.5 Å². The molecule has 0 aliphatic carbocycles. The van der Waals surface area contributed by atoms with Crippen molar-refractivity contribution in [1.82, 2.24) is 15.2 Å². The van der Waals surface area contributed by atoms with Crippen molar-refractivity contribution in [3.05, 3.63) is 64.8 Å². The van der Waals surface area contributed by atoms with Crippen molar-refractivity contribution in [3.63, 3.8) is 0 Å². The molecule has 1 N–H and O–H groups in total. The zero-order valence-corrected chi connectivity index (χ0v) is 15.1. The Labute approximate surface area is 156 Å². The first-order chi connectivity index (χ1) is 12.7. The van der Waals surface area contributed by atoms with Crippen LogP contribution in [-0.2, 0) is 13.0 Å². The third-order valence-electron chi connectivity index (χ3n) is 4.39. The molecule has 6 nitrogen and oxygen atoms in total. The number of fused-ring (bicyclic) bond motifs is 1. The summed E-state index contributed by atoms with van der Waals surface area (Å²) in [6, 6.07) is 13.9. The lowest BCUT2D eigenvalue weighted by Crippen LogP contribution is -2.32. The molecule has 0 saturated heterocycles. The Bertz CT molecular complexity index is 933. The first-order valence-electron chi connectivity index (χ1n) is 8.35. The van der Waals surface area contributed by atoms with Crippen LogP contribution >= 0.6 is 11.6 Å². The van der Waals surface area contributed by atoms with E-state index in [1.807, 2.05) is 12.1 Å². The molecule has 4 rings (SSSR count). The lowest BCUT2D eigenvalue weighted by Gasteiger charge is -2.28. The van der Waals surface area contributed by atoms with Crippen molar-refractivity contribution in [1.29, 1.82) is 0 Å². The van der Waals surface area contributed by atoms with Crippen LogP contribution in [0.15, 0.2) is 48.7 Å². The standard InChI is InChI=1S/C19H18ClN5O/c1-26-17-7-6-15(10-16(17)20)22-18-11-21-24-19(23-18)25-9-8-13-4-2-3-5-14(13)12-25/h2-7,10-11H,8-9,12H2,1H3,(H,22,23,24). The summed E-state index contributed by atoms with van der Waals surface area (Å²) in [7, 11) is 1.59. The van der Waals surface area contributed by atoms with E-state index in [0.29, 0.717) is 22.5 Å². The van der Waals surface area contributed by atoms with E-state index < -0.39 is 0 Å². The number of rotatable bonds is 4. The van der Waals surface area contributed by atoms with E-state index in [1.54, 1.807) is 19.4 Å². The number of ether oxygens (including phenoxy) is 1. The van der Waals surface area contributed by atoms with Crippen LogP contribution in [0.5, 0.6) is 5.75 Å². The molecule has 132 valence electrons. The molecule has 1 aromatic heterocycles. The molecule has 26 heavy (non-hydrogen) atoms. The van der Waals surface area contributed by atoms with Crippen molar-refractivity contribution >= 4 is 29.1 Å². The molecular weight excluding hydrogens is 350 g/mol. The molecule has 1 aliphatic rings. The highest BCUT2D eigenvalue weighted by Crippen LogP contribution is 2.29. The first kappa shape index (κ1) is 16.6. The van der Waals surface area contributed by atoms with Crippen LogP contribution in [0.2, 0.25) is 5.02 Å². The second kappa shape index (κ2) is 7.17. The van der Waals surface area contributed by atoms with Gasteiger partial charge in [0.1, 0.15) is 5.75 Å². The summed E-state index contributed by atoms with van der Waals surface area (Å²) in [6.07, 6.45) is 2.57. The minimum atomic E-state index is 0.535. The lowest BCUT2D eigenvalue weighted by atomic mass is 10.0. The van der Waals surface area contributed by atoms with Gasteiger partial charge in [0, 0.05) is 18.8 Å². The summed E-state index contributed by atoms with van der Waals surface area (Å²) in [5, 5.41) is 12.0. The molecule has 0 saturated carbocycles. The summed E-state index contributed by atoms with van der Waals surface area (Å²) in [5.41, 5.74) is 3.51. The molecular formula is C19H18ClN5O. The van der Waals surface area contributed by atoms with Crippen LogP contribution in [-0.4, -0.2) is 28.8 Å². The van der Waals surface area contributed by atoms with Crippen molar-refractivity contribution < 1.29 is 4.74 Å². The van der Waals surface area contributed by atoms with E-state index in [2.05, 4.69) is 49.7 Å². The number of hydrogen-bond donors (Lipinski definition) is 1. The summed E-state index contributed by atoms with van der Waals surface area (Å²) < 4.78 is 5.17. The number of hydrogen-bond acceptors (Lipinski definition) is 6. The molecule has 0 fully saturated rings. The molecule has 7 heteroatoms. The molecule has 0 spiro atoms. The number of nitrogens with zero attached hydrogens (tertiary/aromatic N) is 4. The van der Waals surface area contributed by atoms with E-state index >= 15 is 0 Å². The summed E-state index contributed by atoms with van der Waals surface area (Å²) in [6.45, 7) is 1.66.